The summed E-state index contributed by atoms with van der Waals surface area (Å²) in [7, 11) is 0. The van der Waals surface area contributed by atoms with Crippen molar-refractivity contribution in [2.75, 3.05) is 0 Å². The Labute approximate surface area is 79.7 Å². The molecule has 0 amide bonds. The molecule has 3 nitrogen and oxygen atoms in total. The van der Waals surface area contributed by atoms with Gasteiger partial charge in [-0.2, -0.15) is 0 Å². The zero-order valence-corrected chi connectivity index (χ0v) is 7.60. The van der Waals surface area contributed by atoms with E-state index in [9.17, 15) is 0 Å². The van der Waals surface area contributed by atoms with E-state index in [1.165, 1.54) is 6.08 Å². The minimum atomic E-state index is 0.171. The minimum Gasteiger partial charge on any atom is -0.261 e. The topological polar surface area (TPSA) is 38.1 Å². The van der Waals surface area contributed by atoms with E-state index in [2.05, 4.69) is 28.5 Å². The monoisotopic (exact) mass is 201 g/mol. The molecule has 1 rings (SSSR count). The van der Waals surface area contributed by atoms with Crippen molar-refractivity contribution in [3.05, 3.63) is 22.4 Å². The van der Waals surface area contributed by atoms with Crippen LogP contribution in [0.2, 0.25) is 10.3 Å². The third-order valence-electron chi connectivity index (χ3n) is 1.26. The third kappa shape index (κ3) is 1.47. The zero-order valence-electron chi connectivity index (χ0n) is 6.09. The van der Waals surface area contributed by atoms with Gasteiger partial charge in [-0.1, -0.05) is 35.9 Å². The van der Waals surface area contributed by atoms with Crippen LogP contribution in [0, 0.1) is 0 Å². The van der Waals surface area contributed by atoms with Gasteiger partial charge in [0, 0.05) is 5.56 Å². The van der Waals surface area contributed by atoms with Crippen molar-refractivity contribution in [3.63, 3.8) is 0 Å². The molecule has 0 radical (unpaired) electrons. The van der Waals surface area contributed by atoms with Gasteiger partial charge in [0.1, 0.15) is 5.69 Å². The van der Waals surface area contributed by atoms with Gasteiger partial charge >= 0.3 is 0 Å². The molecule has 62 valence electrons. The van der Waals surface area contributed by atoms with Gasteiger partial charge in [0.25, 0.3) is 0 Å². The van der Waals surface area contributed by atoms with E-state index < -0.39 is 0 Å². The Morgan fingerprint density at radius 2 is 1.83 bits per heavy atom. The smallest absolute Gasteiger partial charge is 0.177 e. The van der Waals surface area contributed by atoms with Crippen molar-refractivity contribution in [2.45, 2.75) is 0 Å². The summed E-state index contributed by atoms with van der Waals surface area (Å²) >= 11 is 11.4. The molecule has 0 unspecified atom stereocenters. The maximum Gasteiger partial charge on any atom is 0.177 e. The number of hydrogen-bond donors (Lipinski definition) is 0. The third-order valence-corrected chi connectivity index (χ3v) is 1.79. The first-order chi connectivity index (χ1) is 5.70. The SMILES string of the molecule is C=Cc1c(Cl)nnc(Cl)c1N=C. The zero-order chi connectivity index (χ0) is 9.14. The Morgan fingerprint density at radius 3 is 2.25 bits per heavy atom. The largest absolute Gasteiger partial charge is 0.261 e. The number of nitrogens with zero attached hydrogens (tertiary/aromatic N) is 3. The standard InChI is InChI=1S/C7H5Cl2N3/c1-3-4-5(10-2)7(9)12-11-6(4)8/h3H,1-2H2. The van der Waals surface area contributed by atoms with E-state index in [1.54, 1.807) is 0 Å². The van der Waals surface area contributed by atoms with E-state index >= 15 is 0 Å². The first kappa shape index (κ1) is 9.16. The summed E-state index contributed by atoms with van der Waals surface area (Å²) in [5.41, 5.74) is 0.957. The molecule has 0 aromatic carbocycles. The predicted octanol–water partition coefficient (Wildman–Crippen LogP) is 2.76. The molecule has 0 fully saturated rings. The number of hydrogen-bond acceptors (Lipinski definition) is 3. The Bertz CT molecular complexity index is 303. The fourth-order valence-electron chi connectivity index (χ4n) is 0.729. The summed E-state index contributed by atoms with van der Waals surface area (Å²) < 4.78 is 0. The first-order valence-corrected chi connectivity index (χ1v) is 3.77. The second kappa shape index (κ2) is 3.65. The molecular weight excluding hydrogens is 197 g/mol. The molecule has 0 atom stereocenters. The van der Waals surface area contributed by atoms with Gasteiger partial charge in [0.15, 0.2) is 10.3 Å². The van der Waals surface area contributed by atoms with Crippen LogP contribution in [0.15, 0.2) is 11.6 Å². The molecule has 1 aromatic rings. The predicted molar refractivity (Wildman–Crippen MR) is 51.4 cm³/mol. The van der Waals surface area contributed by atoms with Crippen molar-refractivity contribution < 1.29 is 0 Å². The molecule has 1 aromatic heterocycles. The van der Waals surface area contributed by atoms with E-state index in [4.69, 9.17) is 23.2 Å². The summed E-state index contributed by atoms with van der Waals surface area (Å²) in [6.07, 6.45) is 1.51. The summed E-state index contributed by atoms with van der Waals surface area (Å²) in [6, 6.07) is 0. The van der Waals surface area contributed by atoms with Crippen molar-refractivity contribution in [1.82, 2.24) is 10.2 Å². The second-order valence-corrected chi connectivity index (χ2v) is 2.62. The van der Waals surface area contributed by atoms with E-state index in [0.717, 1.165) is 0 Å². The molecule has 0 aliphatic carbocycles. The fraction of sp³-hybridized carbons (Fsp3) is 0. The molecule has 5 heteroatoms. The number of halogens is 2. The molecule has 0 bridgehead atoms. The summed E-state index contributed by atoms with van der Waals surface area (Å²) in [5.74, 6) is 0. The van der Waals surface area contributed by atoms with Crippen LogP contribution in [-0.4, -0.2) is 16.9 Å². The minimum absolute atomic E-state index is 0.171. The molecule has 1 heterocycles. The van der Waals surface area contributed by atoms with Gasteiger partial charge in [-0.25, -0.2) is 0 Å². The van der Waals surface area contributed by atoms with Crippen LogP contribution in [-0.2, 0) is 0 Å². The van der Waals surface area contributed by atoms with Crippen molar-refractivity contribution in [1.29, 1.82) is 0 Å². The van der Waals surface area contributed by atoms with Crippen molar-refractivity contribution >= 4 is 41.7 Å². The molecule has 0 spiro atoms. The highest BCUT2D eigenvalue weighted by atomic mass is 35.5. The normalized spacial score (nSPS) is 9.50. The number of aliphatic imine (C=N–C) groups is 1. The molecule has 0 aliphatic rings. The van der Waals surface area contributed by atoms with Crippen LogP contribution in [0.25, 0.3) is 6.08 Å². The molecule has 0 aliphatic heterocycles. The lowest BCUT2D eigenvalue weighted by atomic mass is 10.2. The Hall–Kier alpha value is -0.930. The van der Waals surface area contributed by atoms with Crippen LogP contribution < -0.4 is 0 Å². The van der Waals surface area contributed by atoms with Crippen LogP contribution in [0.3, 0.4) is 0 Å². The second-order valence-electron chi connectivity index (χ2n) is 1.91. The lowest BCUT2D eigenvalue weighted by molar-refractivity contribution is 1.03. The molecule has 0 N–H and O–H groups in total. The lowest BCUT2D eigenvalue weighted by Gasteiger charge is -2.01. The van der Waals surface area contributed by atoms with E-state index in [0.29, 0.717) is 11.3 Å². The summed E-state index contributed by atoms with van der Waals surface area (Å²) in [5, 5.41) is 7.53. The van der Waals surface area contributed by atoms with Gasteiger partial charge < -0.3 is 0 Å². The van der Waals surface area contributed by atoms with Gasteiger partial charge in [-0.05, 0) is 6.72 Å². The lowest BCUT2D eigenvalue weighted by Crippen LogP contribution is -1.88. The molecule has 0 saturated carbocycles. The molecule has 0 saturated heterocycles. The highest BCUT2D eigenvalue weighted by Crippen LogP contribution is 2.30. The van der Waals surface area contributed by atoms with Crippen LogP contribution in [0.5, 0.6) is 0 Å². The van der Waals surface area contributed by atoms with Crippen LogP contribution >= 0.6 is 23.2 Å². The van der Waals surface area contributed by atoms with Gasteiger partial charge in [-0.3, -0.25) is 4.99 Å². The van der Waals surface area contributed by atoms with Crippen molar-refractivity contribution in [3.8, 4) is 0 Å². The molecular formula is C7H5Cl2N3. The maximum atomic E-state index is 5.69. The number of aromatic nitrogens is 2. The van der Waals surface area contributed by atoms with Gasteiger partial charge in [0.2, 0.25) is 0 Å². The highest BCUT2D eigenvalue weighted by molar-refractivity contribution is 6.34. The van der Waals surface area contributed by atoms with Gasteiger partial charge in [0.05, 0.1) is 0 Å². The number of rotatable bonds is 2. The van der Waals surface area contributed by atoms with E-state index in [1.807, 2.05) is 0 Å². The average molecular weight is 202 g/mol. The quantitative estimate of drug-likeness (QED) is 0.691. The van der Waals surface area contributed by atoms with Crippen LogP contribution in [0.1, 0.15) is 5.56 Å². The Morgan fingerprint density at radius 1 is 1.25 bits per heavy atom. The van der Waals surface area contributed by atoms with Crippen molar-refractivity contribution in [2.24, 2.45) is 4.99 Å². The summed E-state index contributed by atoms with van der Waals surface area (Å²) in [6.45, 7) is 6.88. The fourth-order valence-corrected chi connectivity index (χ4v) is 1.13. The van der Waals surface area contributed by atoms with Crippen LogP contribution in [0.4, 0.5) is 5.69 Å². The Balaban J connectivity index is 3.48. The van der Waals surface area contributed by atoms with E-state index in [-0.39, 0.29) is 10.3 Å². The molecule has 12 heavy (non-hydrogen) atoms. The summed E-state index contributed by atoms with van der Waals surface area (Å²) in [4.78, 5) is 3.66. The maximum absolute atomic E-state index is 5.69. The average Bonchev–Trinajstić information content (AvgIpc) is 2.08. The first-order valence-electron chi connectivity index (χ1n) is 3.01. The highest BCUT2D eigenvalue weighted by Gasteiger charge is 2.09. The Kier molecular flexibility index (Phi) is 2.78. The van der Waals surface area contributed by atoms with Gasteiger partial charge in [-0.15, -0.1) is 10.2 Å².